The first-order valence-corrected chi connectivity index (χ1v) is 9.79. The number of benzene rings is 2. The predicted molar refractivity (Wildman–Crippen MR) is 105 cm³/mol. The lowest BCUT2D eigenvalue weighted by Crippen LogP contribution is -2.26. The van der Waals surface area contributed by atoms with Crippen LogP contribution in [-0.2, 0) is 4.79 Å². The van der Waals surface area contributed by atoms with Gasteiger partial charge in [0.25, 0.3) is 5.56 Å². The van der Waals surface area contributed by atoms with Crippen molar-refractivity contribution in [2.24, 2.45) is 0 Å². The molecule has 1 aromatic heterocycles. The van der Waals surface area contributed by atoms with Crippen molar-refractivity contribution in [3.05, 3.63) is 64.4 Å². The first-order chi connectivity index (χ1) is 12.6. The zero-order chi connectivity index (χ0) is 18.1. The summed E-state index contributed by atoms with van der Waals surface area (Å²) in [5, 5.41) is 1.07. The third-order valence-corrected chi connectivity index (χ3v) is 6.05. The number of aryl methyl sites for hydroxylation is 1. The number of hydrogen-bond donors (Lipinski definition) is 0. The molecule has 1 unspecified atom stereocenters. The fourth-order valence-electron chi connectivity index (χ4n) is 3.32. The number of fused-ring (bicyclic) bond motifs is 1. The van der Waals surface area contributed by atoms with Crippen molar-refractivity contribution in [3.8, 4) is 5.69 Å². The molecule has 0 spiro atoms. The molecule has 0 radical (unpaired) electrons. The van der Waals surface area contributed by atoms with Gasteiger partial charge in [0.2, 0.25) is 0 Å². The van der Waals surface area contributed by atoms with Gasteiger partial charge in [-0.3, -0.25) is 14.2 Å². The molecule has 132 valence electrons. The van der Waals surface area contributed by atoms with Crippen LogP contribution in [0, 0.1) is 6.92 Å². The van der Waals surface area contributed by atoms with E-state index in [0.29, 0.717) is 22.5 Å². The topological polar surface area (TPSA) is 52.0 Å². The second-order valence-corrected chi connectivity index (χ2v) is 7.88. The van der Waals surface area contributed by atoms with Crippen molar-refractivity contribution in [3.63, 3.8) is 0 Å². The maximum absolute atomic E-state index is 13.2. The largest absolute Gasteiger partial charge is 0.298 e. The summed E-state index contributed by atoms with van der Waals surface area (Å²) in [7, 11) is 0. The monoisotopic (exact) mass is 364 g/mol. The molecule has 5 heteroatoms. The summed E-state index contributed by atoms with van der Waals surface area (Å²) in [5.74, 6) is 0.263. The number of thioether (sulfide) groups is 1. The normalized spacial score (nSPS) is 17.6. The minimum atomic E-state index is -0.117. The minimum Gasteiger partial charge on any atom is -0.298 e. The SMILES string of the molecule is Cc1ccc(-n2c(SC3CCCCC3=O)nc3ccccc3c2=O)cc1. The lowest BCUT2D eigenvalue weighted by Gasteiger charge is -2.21. The molecule has 1 aliphatic rings. The van der Waals surface area contributed by atoms with Crippen LogP contribution in [0.2, 0.25) is 0 Å². The maximum Gasteiger partial charge on any atom is 0.266 e. The molecule has 1 fully saturated rings. The number of hydrogen-bond acceptors (Lipinski definition) is 4. The van der Waals surface area contributed by atoms with Crippen molar-refractivity contribution in [1.29, 1.82) is 0 Å². The number of para-hydroxylation sites is 1. The van der Waals surface area contributed by atoms with E-state index in [1.807, 2.05) is 49.4 Å². The summed E-state index contributed by atoms with van der Waals surface area (Å²) >= 11 is 1.43. The molecule has 0 bridgehead atoms. The standard InChI is InChI=1S/C21H20N2O2S/c1-14-10-12-15(13-11-14)23-20(25)16-6-2-3-7-17(16)22-21(23)26-19-9-5-4-8-18(19)24/h2-3,6-7,10-13,19H,4-5,8-9H2,1H3. The Balaban J connectivity index is 1.89. The molecule has 0 saturated heterocycles. The van der Waals surface area contributed by atoms with Crippen LogP contribution in [0.3, 0.4) is 0 Å². The molecule has 1 atom stereocenters. The zero-order valence-electron chi connectivity index (χ0n) is 14.6. The highest BCUT2D eigenvalue weighted by atomic mass is 32.2. The van der Waals surface area contributed by atoms with Gasteiger partial charge in [-0.15, -0.1) is 0 Å². The number of aromatic nitrogens is 2. The minimum absolute atomic E-state index is 0.0924. The number of nitrogens with zero attached hydrogens (tertiary/aromatic N) is 2. The van der Waals surface area contributed by atoms with Crippen LogP contribution in [0.5, 0.6) is 0 Å². The summed E-state index contributed by atoms with van der Waals surface area (Å²) in [6.07, 6.45) is 3.48. The van der Waals surface area contributed by atoms with E-state index >= 15 is 0 Å². The molecule has 26 heavy (non-hydrogen) atoms. The molecule has 1 saturated carbocycles. The van der Waals surface area contributed by atoms with E-state index in [1.54, 1.807) is 10.6 Å². The van der Waals surface area contributed by atoms with Gasteiger partial charge >= 0.3 is 0 Å². The number of ketones is 1. The number of carbonyl (C=O) groups excluding carboxylic acids is 1. The van der Waals surface area contributed by atoms with Gasteiger partial charge in [0.05, 0.1) is 21.8 Å². The van der Waals surface area contributed by atoms with Crippen LogP contribution in [0.25, 0.3) is 16.6 Å². The predicted octanol–water partition coefficient (Wildman–Crippen LogP) is 4.30. The van der Waals surface area contributed by atoms with Crippen molar-refractivity contribution in [2.45, 2.75) is 43.0 Å². The smallest absolute Gasteiger partial charge is 0.266 e. The maximum atomic E-state index is 13.2. The molecule has 3 aromatic rings. The average Bonchev–Trinajstić information content (AvgIpc) is 2.65. The van der Waals surface area contributed by atoms with Crippen LogP contribution in [-0.4, -0.2) is 20.6 Å². The highest BCUT2D eigenvalue weighted by Crippen LogP contribution is 2.32. The molecular formula is C21H20N2O2S. The van der Waals surface area contributed by atoms with Crippen molar-refractivity contribution in [1.82, 2.24) is 9.55 Å². The van der Waals surface area contributed by atoms with Crippen LogP contribution >= 0.6 is 11.8 Å². The second kappa shape index (κ2) is 7.08. The third kappa shape index (κ3) is 3.19. The summed E-state index contributed by atoms with van der Waals surface area (Å²) < 4.78 is 1.65. The summed E-state index contributed by atoms with van der Waals surface area (Å²) in [4.78, 5) is 30.2. The average molecular weight is 364 g/mol. The molecule has 1 aliphatic carbocycles. The second-order valence-electron chi connectivity index (χ2n) is 6.71. The van der Waals surface area contributed by atoms with Gasteiger partial charge in [-0.05, 0) is 44.0 Å². The molecule has 0 amide bonds. The quantitative estimate of drug-likeness (QED) is 0.650. The van der Waals surface area contributed by atoms with Gasteiger partial charge in [0.1, 0.15) is 5.78 Å². The van der Waals surface area contributed by atoms with Crippen LogP contribution < -0.4 is 5.56 Å². The third-order valence-electron chi connectivity index (χ3n) is 4.78. The van der Waals surface area contributed by atoms with E-state index in [1.165, 1.54) is 11.8 Å². The van der Waals surface area contributed by atoms with Crippen molar-refractivity contribution < 1.29 is 4.79 Å². The number of carbonyl (C=O) groups is 1. The Morgan fingerprint density at radius 3 is 2.58 bits per heavy atom. The Kier molecular flexibility index (Phi) is 4.64. The molecular weight excluding hydrogens is 344 g/mol. The van der Waals surface area contributed by atoms with E-state index in [-0.39, 0.29) is 16.6 Å². The Bertz CT molecular complexity index is 1020. The van der Waals surface area contributed by atoms with Gasteiger partial charge < -0.3 is 0 Å². The summed E-state index contributed by atoms with van der Waals surface area (Å²) in [5.41, 5.74) is 2.49. The van der Waals surface area contributed by atoms with Gasteiger partial charge in [0.15, 0.2) is 5.16 Å². The van der Waals surface area contributed by atoms with E-state index in [9.17, 15) is 9.59 Å². The lowest BCUT2D eigenvalue weighted by molar-refractivity contribution is -0.119. The van der Waals surface area contributed by atoms with Gasteiger partial charge in [-0.25, -0.2) is 4.98 Å². The molecule has 4 rings (SSSR count). The molecule has 2 aromatic carbocycles. The fourth-order valence-corrected chi connectivity index (χ4v) is 4.55. The molecule has 0 aliphatic heterocycles. The van der Waals surface area contributed by atoms with Crippen molar-refractivity contribution in [2.75, 3.05) is 0 Å². The Hall–Kier alpha value is -2.40. The first kappa shape index (κ1) is 17.0. The summed E-state index contributed by atoms with van der Waals surface area (Å²) in [6.45, 7) is 2.02. The highest BCUT2D eigenvalue weighted by Gasteiger charge is 2.26. The van der Waals surface area contributed by atoms with E-state index in [2.05, 4.69) is 0 Å². The zero-order valence-corrected chi connectivity index (χ0v) is 15.5. The Morgan fingerprint density at radius 1 is 1.04 bits per heavy atom. The van der Waals surface area contributed by atoms with Crippen molar-refractivity contribution >= 4 is 28.4 Å². The Labute approximate surface area is 156 Å². The van der Waals surface area contributed by atoms with Crippen LogP contribution in [0.1, 0.15) is 31.2 Å². The molecule has 0 N–H and O–H groups in total. The highest BCUT2D eigenvalue weighted by molar-refractivity contribution is 8.00. The molecule has 4 nitrogen and oxygen atoms in total. The lowest BCUT2D eigenvalue weighted by atomic mass is 9.99. The Morgan fingerprint density at radius 2 is 1.81 bits per heavy atom. The number of Topliss-reactive ketones (excluding diaryl/α,β-unsaturated/α-hetero) is 1. The first-order valence-electron chi connectivity index (χ1n) is 8.92. The van der Waals surface area contributed by atoms with E-state index in [0.717, 1.165) is 30.5 Å². The fraction of sp³-hybridized carbons (Fsp3) is 0.286. The summed E-state index contributed by atoms with van der Waals surface area (Å²) in [6, 6.07) is 15.2. The molecule has 1 heterocycles. The van der Waals surface area contributed by atoms with Crippen LogP contribution in [0.15, 0.2) is 58.5 Å². The van der Waals surface area contributed by atoms with E-state index < -0.39 is 0 Å². The van der Waals surface area contributed by atoms with E-state index in [4.69, 9.17) is 4.98 Å². The van der Waals surface area contributed by atoms with Gasteiger partial charge in [0, 0.05) is 6.42 Å². The van der Waals surface area contributed by atoms with Gasteiger partial charge in [-0.2, -0.15) is 0 Å². The van der Waals surface area contributed by atoms with Gasteiger partial charge in [-0.1, -0.05) is 48.0 Å². The van der Waals surface area contributed by atoms with Crippen LogP contribution in [0.4, 0.5) is 0 Å². The number of rotatable bonds is 3.